The number of benzene rings is 1. The van der Waals surface area contributed by atoms with E-state index in [0.29, 0.717) is 12.1 Å². The number of nitrogens with zero attached hydrogens (tertiary/aromatic N) is 1. The molecule has 4 heteroatoms. The lowest BCUT2D eigenvalue weighted by molar-refractivity contribution is -0.150. The molecule has 2 aliphatic rings. The van der Waals surface area contributed by atoms with Crippen molar-refractivity contribution in [2.45, 2.75) is 37.3 Å². The molecule has 2 saturated heterocycles. The number of halogens is 1. The fourth-order valence-corrected chi connectivity index (χ4v) is 4.10. The summed E-state index contributed by atoms with van der Waals surface area (Å²) < 4.78 is 5.07. The van der Waals surface area contributed by atoms with Crippen LogP contribution in [0.1, 0.15) is 30.7 Å². The zero-order valence-corrected chi connectivity index (χ0v) is 12.6. The highest BCUT2D eigenvalue weighted by Crippen LogP contribution is 2.46. The van der Waals surface area contributed by atoms with Crippen molar-refractivity contribution in [3.05, 3.63) is 34.9 Å². The van der Waals surface area contributed by atoms with Crippen molar-refractivity contribution in [2.75, 3.05) is 14.2 Å². The topological polar surface area (TPSA) is 29.5 Å². The third kappa shape index (κ3) is 2.23. The molecule has 0 unspecified atom stereocenters. The van der Waals surface area contributed by atoms with Crippen LogP contribution in [0.25, 0.3) is 0 Å². The predicted molar refractivity (Wildman–Crippen MR) is 78.9 cm³/mol. The fourth-order valence-electron chi connectivity index (χ4n) is 3.98. The minimum atomic E-state index is -0.0813. The van der Waals surface area contributed by atoms with Gasteiger partial charge in [0.25, 0.3) is 0 Å². The average molecular weight is 294 g/mol. The van der Waals surface area contributed by atoms with E-state index < -0.39 is 0 Å². The molecule has 4 atom stereocenters. The number of rotatable bonds is 2. The number of methoxy groups -OCH3 is 1. The Kier molecular flexibility index (Phi) is 3.74. The molecule has 0 N–H and O–H groups in total. The highest BCUT2D eigenvalue weighted by Gasteiger charge is 2.49. The van der Waals surface area contributed by atoms with E-state index in [9.17, 15) is 4.79 Å². The number of carbonyl (C=O) groups excluding carboxylic acids is 1. The van der Waals surface area contributed by atoms with E-state index >= 15 is 0 Å². The van der Waals surface area contributed by atoms with Crippen LogP contribution in [0.15, 0.2) is 24.3 Å². The van der Waals surface area contributed by atoms with Gasteiger partial charge in [-0.15, -0.1) is 0 Å². The molecule has 20 heavy (non-hydrogen) atoms. The van der Waals surface area contributed by atoms with Crippen molar-refractivity contribution in [1.29, 1.82) is 0 Å². The van der Waals surface area contributed by atoms with Gasteiger partial charge in [0.05, 0.1) is 13.0 Å². The highest BCUT2D eigenvalue weighted by atomic mass is 35.5. The van der Waals surface area contributed by atoms with Crippen LogP contribution in [-0.2, 0) is 9.53 Å². The first-order valence-electron chi connectivity index (χ1n) is 7.17. The van der Waals surface area contributed by atoms with Gasteiger partial charge in [-0.25, -0.2) is 0 Å². The van der Waals surface area contributed by atoms with Gasteiger partial charge in [0.15, 0.2) is 0 Å². The lowest BCUT2D eigenvalue weighted by atomic mass is 9.76. The Balaban J connectivity index is 1.95. The van der Waals surface area contributed by atoms with Gasteiger partial charge in [-0.1, -0.05) is 23.7 Å². The second-order valence-corrected chi connectivity index (χ2v) is 6.34. The summed E-state index contributed by atoms with van der Waals surface area (Å²) in [6, 6.07) is 8.81. The van der Waals surface area contributed by atoms with Crippen LogP contribution in [0.2, 0.25) is 5.02 Å². The summed E-state index contributed by atoms with van der Waals surface area (Å²) in [5.41, 5.74) is 1.20. The minimum absolute atomic E-state index is 0.0649. The van der Waals surface area contributed by atoms with Crippen molar-refractivity contribution in [2.24, 2.45) is 5.92 Å². The van der Waals surface area contributed by atoms with Gasteiger partial charge in [0.1, 0.15) is 0 Å². The van der Waals surface area contributed by atoms with Gasteiger partial charge in [0, 0.05) is 23.0 Å². The van der Waals surface area contributed by atoms with Crippen LogP contribution in [0, 0.1) is 5.92 Å². The zero-order chi connectivity index (χ0) is 14.3. The molecule has 0 aromatic heterocycles. The molecule has 0 radical (unpaired) electrons. The van der Waals surface area contributed by atoms with Crippen molar-refractivity contribution in [1.82, 2.24) is 4.90 Å². The van der Waals surface area contributed by atoms with Crippen molar-refractivity contribution in [3.8, 4) is 0 Å². The Morgan fingerprint density at radius 2 is 2.00 bits per heavy atom. The maximum atomic E-state index is 12.3. The molecule has 2 bridgehead atoms. The van der Waals surface area contributed by atoms with Gasteiger partial charge in [-0.05, 0) is 44.0 Å². The van der Waals surface area contributed by atoms with Crippen LogP contribution in [0.5, 0.6) is 0 Å². The number of ether oxygens (including phenoxy) is 1. The van der Waals surface area contributed by atoms with E-state index in [4.69, 9.17) is 16.3 Å². The Hall–Kier alpha value is -1.06. The quantitative estimate of drug-likeness (QED) is 0.785. The first kappa shape index (κ1) is 13.9. The third-order valence-corrected chi connectivity index (χ3v) is 5.29. The largest absolute Gasteiger partial charge is 0.469 e. The van der Waals surface area contributed by atoms with Crippen LogP contribution in [0.4, 0.5) is 0 Å². The van der Waals surface area contributed by atoms with Gasteiger partial charge in [0.2, 0.25) is 0 Å². The summed E-state index contributed by atoms with van der Waals surface area (Å²) in [5, 5.41) is 0.735. The van der Waals surface area contributed by atoms with Crippen LogP contribution in [0.3, 0.4) is 0 Å². The van der Waals surface area contributed by atoms with Crippen LogP contribution in [-0.4, -0.2) is 37.1 Å². The lowest BCUT2D eigenvalue weighted by Gasteiger charge is -2.41. The molecular formula is C16H20ClNO2. The molecule has 2 fully saturated rings. The molecule has 108 valence electrons. The number of esters is 1. The molecule has 2 aliphatic heterocycles. The Morgan fingerprint density at radius 1 is 1.30 bits per heavy atom. The van der Waals surface area contributed by atoms with Gasteiger partial charge in [-0.2, -0.15) is 0 Å². The Morgan fingerprint density at radius 3 is 2.65 bits per heavy atom. The van der Waals surface area contributed by atoms with Crippen LogP contribution < -0.4 is 0 Å². The highest BCUT2D eigenvalue weighted by molar-refractivity contribution is 6.30. The molecule has 0 amide bonds. The number of piperidine rings is 1. The van der Waals surface area contributed by atoms with E-state index in [-0.39, 0.29) is 17.8 Å². The van der Waals surface area contributed by atoms with Gasteiger partial charge < -0.3 is 4.74 Å². The normalized spacial score (nSPS) is 33.1. The zero-order valence-electron chi connectivity index (χ0n) is 11.9. The monoisotopic (exact) mass is 293 g/mol. The molecule has 3 rings (SSSR count). The predicted octanol–water partition coefficient (Wildman–Crippen LogP) is 3.08. The van der Waals surface area contributed by atoms with E-state index in [1.165, 1.54) is 19.1 Å². The second kappa shape index (κ2) is 5.38. The molecule has 0 aliphatic carbocycles. The molecule has 1 aromatic carbocycles. The minimum Gasteiger partial charge on any atom is -0.469 e. The van der Waals surface area contributed by atoms with Crippen molar-refractivity contribution >= 4 is 17.6 Å². The van der Waals surface area contributed by atoms with E-state index in [2.05, 4.69) is 11.9 Å². The molecule has 2 heterocycles. The van der Waals surface area contributed by atoms with Crippen molar-refractivity contribution < 1.29 is 9.53 Å². The molecule has 0 spiro atoms. The number of carbonyl (C=O) groups is 1. The number of fused-ring (bicyclic) bond motifs is 2. The molecular weight excluding hydrogens is 274 g/mol. The summed E-state index contributed by atoms with van der Waals surface area (Å²) in [7, 11) is 3.62. The smallest absolute Gasteiger partial charge is 0.310 e. The first-order chi connectivity index (χ1) is 9.61. The SMILES string of the molecule is COC(=O)[C@@H]1[C@H](c2ccc(Cl)cc2)C[C@@H]2CC[C@@H]1N2C. The van der Waals surface area contributed by atoms with Gasteiger partial charge in [-0.3, -0.25) is 9.69 Å². The average Bonchev–Trinajstić information content (AvgIpc) is 2.70. The number of hydrogen-bond donors (Lipinski definition) is 0. The molecule has 3 nitrogen and oxygen atoms in total. The number of hydrogen-bond acceptors (Lipinski definition) is 3. The second-order valence-electron chi connectivity index (χ2n) is 5.91. The standard InChI is InChI=1S/C16H20ClNO2/c1-18-12-7-8-14(18)15(16(19)20-2)13(9-12)10-3-5-11(17)6-4-10/h3-6,12-15H,7-9H2,1-2H3/t12-,13-,14-,15+/m0/s1. The first-order valence-corrected chi connectivity index (χ1v) is 7.55. The van der Waals surface area contributed by atoms with Gasteiger partial charge >= 0.3 is 5.97 Å². The van der Waals surface area contributed by atoms with E-state index in [1.54, 1.807) is 0 Å². The maximum Gasteiger partial charge on any atom is 0.310 e. The summed E-state index contributed by atoms with van der Waals surface area (Å²) in [5.74, 6) is 0.0977. The summed E-state index contributed by atoms with van der Waals surface area (Å²) in [6.45, 7) is 0. The fraction of sp³-hybridized carbons (Fsp3) is 0.562. The van der Waals surface area contributed by atoms with E-state index in [0.717, 1.165) is 17.9 Å². The van der Waals surface area contributed by atoms with E-state index in [1.807, 2.05) is 24.3 Å². The summed E-state index contributed by atoms with van der Waals surface area (Å²) >= 11 is 5.97. The molecule has 0 saturated carbocycles. The lowest BCUT2D eigenvalue weighted by Crippen LogP contribution is -2.49. The third-order valence-electron chi connectivity index (χ3n) is 5.04. The molecule has 1 aromatic rings. The van der Waals surface area contributed by atoms with Crippen molar-refractivity contribution in [3.63, 3.8) is 0 Å². The summed E-state index contributed by atoms with van der Waals surface area (Å²) in [4.78, 5) is 14.6. The Bertz CT molecular complexity index is 502. The summed E-state index contributed by atoms with van der Waals surface area (Å²) in [6.07, 6.45) is 3.29. The van der Waals surface area contributed by atoms with Crippen LogP contribution >= 0.6 is 11.6 Å². The maximum absolute atomic E-state index is 12.3. The Labute approximate surface area is 124 Å².